The molecule has 0 aliphatic heterocycles. The molecule has 0 fully saturated rings. The highest BCUT2D eigenvalue weighted by atomic mass is 32.1. The summed E-state index contributed by atoms with van der Waals surface area (Å²) < 4.78 is 12.6. The quantitative estimate of drug-likeness (QED) is 0.626. The molecule has 0 saturated heterocycles. The Morgan fingerprint density at radius 3 is 2.25 bits per heavy atom. The second kappa shape index (κ2) is 3.07. The normalized spacial score (nSPS) is 10.1. The van der Waals surface area contributed by atoms with Crippen LogP contribution in [0.1, 0.15) is 0 Å². The lowest BCUT2D eigenvalue weighted by Gasteiger charge is -1.93. The van der Waals surface area contributed by atoms with Gasteiger partial charge in [0.05, 0.1) is 0 Å². The van der Waals surface area contributed by atoms with Gasteiger partial charge in [0.15, 0.2) is 5.13 Å². The Hall–Kier alpha value is -1.15. The van der Waals surface area contributed by atoms with Crippen molar-refractivity contribution in [3.05, 3.63) is 47.6 Å². The highest BCUT2D eigenvalue weighted by molar-refractivity contribution is 7.13. The van der Waals surface area contributed by atoms with Gasteiger partial charge in [-0.1, -0.05) is 30.3 Å². The van der Waals surface area contributed by atoms with Gasteiger partial charge in [0.25, 0.3) is 0 Å². The molecule has 0 bridgehead atoms. The lowest BCUT2D eigenvalue weighted by molar-refractivity contribution is 0.657. The summed E-state index contributed by atoms with van der Waals surface area (Å²) in [4.78, 5) is 0.980. The molecule has 2 aromatic rings. The van der Waals surface area contributed by atoms with Crippen LogP contribution in [0.2, 0.25) is 0 Å². The van der Waals surface area contributed by atoms with Gasteiger partial charge in [-0.05, 0) is 17.7 Å². The number of benzene rings is 1. The fourth-order valence-electron chi connectivity index (χ4n) is 1.07. The van der Waals surface area contributed by atoms with Crippen molar-refractivity contribution in [2.45, 2.75) is 0 Å². The second-order valence-electron chi connectivity index (χ2n) is 2.47. The van der Waals surface area contributed by atoms with E-state index in [0.29, 0.717) is 0 Å². The summed E-state index contributed by atoms with van der Waals surface area (Å²) in [5.41, 5.74) is 1.08. The second-order valence-corrected chi connectivity index (χ2v) is 3.50. The third-order valence-electron chi connectivity index (χ3n) is 1.63. The molecule has 0 saturated carbocycles. The third-order valence-corrected chi connectivity index (χ3v) is 2.55. The van der Waals surface area contributed by atoms with Gasteiger partial charge in [-0.15, -0.1) is 11.3 Å². The molecule has 0 amide bonds. The van der Waals surface area contributed by atoms with E-state index in [0.717, 1.165) is 10.4 Å². The molecular formula is C10H7FS. The molecule has 0 spiro atoms. The highest BCUT2D eigenvalue weighted by Crippen LogP contribution is 2.26. The van der Waals surface area contributed by atoms with Crippen LogP contribution in [0.3, 0.4) is 0 Å². The van der Waals surface area contributed by atoms with Crippen LogP contribution in [0.5, 0.6) is 0 Å². The molecule has 2 heteroatoms. The van der Waals surface area contributed by atoms with E-state index in [1.54, 1.807) is 6.07 Å². The molecule has 0 nitrogen and oxygen atoms in total. The molecule has 1 aromatic carbocycles. The van der Waals surface area contributed by atoms with E-state index in [4.69, 9.17) is 0 Å². The standard InChI is InChI=1S/C10H7FS/c11-10-7-6-9(12-10)8-4-2-1-3-5-8/h1-7H. The van der Waals surface area contributed by atoms with Crippen LogP contribution in [0.15, 0.2) is 42.5 Å². The van der Waals surface area contributed by atoms with Crippen LogP contribution in [0, 0.1) is 5.13 Å². The molecule has 0 aliphatic rings. The van der Waals surface area contributed by atoms with Crippen molar-refractivity contribution in [1.82, 2.24) is 0 Å². The molecule has 0 atom stereocenters. The van der Waals surface area contributed by atoms with Gasteiger partial charge in [-0.25, -0.2) is 0 Å². The van der Waals surface area contributed by atoms with Gasteiger partial charge in [0.2, 0.25) is 0 Å². The number of thiophene rings is 1. The van der Waals surface area contributed by atoms with E-state index < -0.39 is 0 Å². The van der Waals surface area contributed by atoms with Crippen molar-refractivity contribution in [1.29, 1.82) is 0 Å². The Balaban J connectivity index is 2.45. The Kier molecular flexibility index (Phi) is 1.92. The predicted octanol–water partition coefficient (Wildman–Crippen LogP) is 3.55. The van der Waals surface area contributed by atoms with Crippen molar-refractivity contribution < 1.29 is 4.39 Å². The summed E-state index contributed by atoms with van der Waals surface area (Å²) >= 11 is 1.17. The van der Waals surface area contributed by atoms with E-state index in [1.807, 2.05) is 30.3 Å². The Morgan fingerprint density at radius 1 is 0.917 bits per heavy atom. The minimum Gasteiger partial charge on any atom is -0.195 e. The fourth-order valence-corrected chi connectivity index (χ4v) is 1.81. The van der Waals surface area contributed by atoms with E-state index in [9.17, 15) is 4.39 Å². The molecule has 2 rings (SSSR count). The molecule has 1 heterocycles. The Bertz CT molecular complexity index is 364. The lowest BCUT2D eigenvalue weighted by Crippen LogP contribution is -1.67. The number of halogens is 1. The zero-order chi connectivity index (χ0) is 8.39. The van der Waals surface area contributed by atoms with Crippen LogP contribution in [-0.2, 0) is 0 Å². The maximum absolute atomic E-state index is 12.6. The highest BCUT2D eigenvalue weighted by Gasteiger charge is 1.99. The first-order valence-electron chi connectivity index (χ1n) is 3.67. The smallest absolute Gasteiger partial charge is 0.176 e. The average Bonchev–Trinajstić information content (AvgIpc) is 2.54. The monoisotopic (exact) mass is 178 g/mol. The van der Waals surface area contributed by atoms with Crippen molar-refractivity contribution in [2.24, 2.45) is 0 Å². The van der Waals surface area contributed by atoms with Crippen molar-refractivity contribution in [3.8, 4) is 10.4 Å². The summed E-state index contributed by atoms with van der Waals surface area (Å²) in [5, 5.41) is -0.131. The van der Waals surface area contributed by atoms with Gasteiger partial charge in [0, 0.05) is 4.88 Å². The molecule has 0 radical (unpaired) electrons. The van der Waals surface area contributed by atoms with Gasteiger partial charge < -0.3 is 0 Å². The molecule has 12 heavy (non-hydrogen) atoms. The largest absolute Gasteiger partial charge is 0.195 e. The lowest BCUT2D eigenvalue weighted by atomic mass is 10.2. The molecule has 1 aromatic heterocycles. The van der Waals surface area contributed by atoms with Crippen LogP contribution in [-0.4, -0.2) is 0 Å². The summed E-state index contributed by atoms with van der Waals surface area (Å²) in [6, 6.07) is 13.1. The van der Waals surface area contributed by atoms with E-state index in [1.165, 1.54) is 17.4 Å². The van der Waals surface area contributed by atoms with Gasteiger partial charge >= 0.3 is 0 Å². The van der Waals surface area contributed by atoms with Crippen LogP contribution < -0.4 is 0 Å². The fraction of sp³-hybridized carbons (Fsp3) is 0. The zero-order valence-corrected chi connectivity index (χ0v) is 7.14. The van der Waals surface area contributed by atoms with E-state index in [2.05, 4.69) is 0 Å². The number of rotatable bonds is 1. The molecule has 60 valence electrons. The topological polar surface area (TPSA) is 0 Å². The average molecular weight is 178 g/mol. The number of hydrogen-bond donors (Lipinski definition) is 0. The minimum atomic E-state index is -0.131. The molecule has 0 unspecified atom stereocenters. The van der Waals surface area contributed by atoms with Gasteiger partial charge in [0.1, 0.15) is 0 Å². The third kappa shape index (κ3) is 1.38. The molecule has 0 aliphatic carbocycles. The Labute approximate surface area is 74.3 Å². The summed E-state index contributed by atoms with van der Waals surface area (Å²) in [5.74, 6) is 0. The maximum Gasteiger partial charge on any atom is 0.176 e. The predicted molar refractivity (Wildman–Crippen MR) is 49.7 cm³/mol. The Morgan fingerprint density at radius 2 is 1.67 bits per heavy atom. The summed E-state index contributed by atoms with van der Waals surface area (Å²) in [6.07, 6.45) is 0. The first-order chi connectivity index (χ1) is 5.86. The molecule has 0 N–H and O–H groups in total. The van der Waals surface area contributed by atoms with Crippen molar-refractivity contribution >= 4 is 11.3 Å². The van der Waals surface area contributed by atoms with Gasteiger partial charge in [-0.2, -0.15) is 4.39 Å². The number of hydrogen-bond acceptors (Lipinski definition) is 1. The first-order valence-corrected chi connectivity index (χ1v) is 4.49. The van der Waals surface area contributed by atoms with Crippen LogP contribution in [0.4, 0.5) is 4.39 Å². The summed E-state index contributed by atoms with van der Waals surface area (Å²) in [6.45, 7) is 0. The van der Waals surface area contributed by atoms with Crippen LogP contribution in [0.25, 0.3) is 10.4 Å². The van der Waals surface area contributed by atoms with Crippen molar-refractivity contribution in [3.63, 3.8) is 0 Å². The minimum absolute atomic E-state index is 0.131. The van der Waals surface area contributed by atoms with Crippen LogP contribution >= 0.6 is 11.3 Å². The summed E-state index contributed by atoms with van der Waals surface area (Å²) in [7, 11) is 0. The van der Waals surface area contributed by atoms with E-state index in [-0.39, 0.29) is 5.13 Å². The van der Waals surface area contributed by atoms with Gasteiger partial charge in [-0.3, -0.25) is 0 Å². The first kappa shape index (κ1) is 7.50. The van der Waals surface area contributed by atoms with E-state index >= 15 is 0 Å². The zero-order valence-electron chi connectivity index (χ0n) is 6.33. The maximum atomic E-state index is 12.6. The van der Waals surface area contributed by atoms with Crippen molar-refractivity contribution in [2.75, 3.05) is 0 Å². The SMILES string of the molecule is Fc1ccc(-c2ccccc2)s1. The molecular weight excluding hydrogens is 171 g/mol.